The van der Waals surface area contributed by atoms with Gasteiger partial charge in [-0.05, 0) is 51.8 Å². The van der Waals surface area contributed by atoms with Crippen LogP contribution in [0.3, 0.4) is 0 Å². The van der Waals surface area contributed by atoms with Crippen molar-refractivity contribution in [3.63, 3.8) is 0 Å². The predicted molar refractivity (Wildman–Crippen MR) is 103 cm³/mol. The van der Waals surface area contributed by atoms with Crippen molar-refractivity contribution in [3.05, 3.63) is 36.2 Å². The highest BCUT2D eigenvalue weighted by Gasteiger charge is 2.25. The topological polar surface area (TPSA) is 73.7 Å². The van der Waals surface area contributed by atoms with Crippen LogP contribution in [0.2, 0.25) is 0 Å². The number of rotatable bonds is 2. The quantitative estimate of drug-likeness (QED) is 0.796. The number of carbonyl (C=O) groups excluding carboxylic acids is 2. The SMILES string of the molecule is CCOC(=O)n1cc(C2=CCN(C(=O)OC(C)(C)C)CC2)c2cccnc21. The van der Waals surface area contributed by atoms with Gasteiger partial charge in [-0.3, -0.25) is 0 Å². The Morgan fingerprint density at radius 3 is 2.67 bits per heavy atom. The smallest absolute Gasteiger partial charge is 0.419 e. The molecule has 0 unspecified atom stereocenters. The number of amides is 1. The van der Waals surface area contributed by atoms with Crippen LogP contribution in [0.25, 0.3) is 16.6 Å². The van der Waals surface area contributed by atoms with E-state index in [1.807, 2.05) is 39.0 Å². The summed E-state index contributed by atoms with van der Waals surface area (Å²) in [6.45, 7) is 8.67. The van der Waals surface area contributed by atoms with E-state index in [4.69, 9.17) is 9.47 Å². The van der Waals surface area contributed by atoms with Crippen molar-refractivity contribution in [3.8, 4) is 0 Å². The van der Waals surface area contributed by atoms with Gasteiger partial charge < -0.3 is 14.4 Å². The van der Waals surface area contributed by atoms with Crippen LogP contribution in [0.15, 0.2) is 30.6 Å². The zero-order valence-corrected chi connectivity index (χ0v) is 16.2. The van der Waals surface area contributed by atoms with Gasteiger partial charge in [-0.15, -0.1) is 0 Å². The Labute approximate surface area is 158 Å². The number of aromatic nitrogens is 2. The van der Waals surface area contributed by atoms with E-state index in [1.165, 1.54) is 4.57 Å². The number of pyridine rings is 1. The number of fused-ring (bicyclic) bond motifs is 1. The van der Waals surface area contributed by atoms with E-state index in [2.05, 4.69) is 4.98 Å². The van der Waals surface area contributed by atoms with E-state index >= 15 is 0 Å². The van der Waals surface area contributed by atoms with Gasteiger partial charge in [0.1, 0.15) is 11.2 Å². The molecule has 3 heterocycles. The summed E-state index contributed by atoms with van der Waals surface area (Å²) >= 11 is 0. The Balaban J connectivity index is 1.86. The minimum Gasteiger partial charge on any atom is -0.449 e. The van der Waals surface area contributed by atoms with Crippen LogP contribution < -0.4 is 0 Å². The second-order valence-electron chi connectivity index (χ2n) is 7.39. The zero-order chi connectivity index (χ0) is 19.6. The van der Waals surface area contributed by atoms with Gasteiger partial charge >= 0.3 is 12.2 Å². The van der Waals surface area contributed by atoms with Crippen LogP contribution in [-0.2, 0) is 9.47 Å². The molecule has 0 saturated carbocycles. The molecule has 0 radical (unpaired) electrons. The lowest BCUT2D eigenvalue weighted by atomic mass is 10.00. The Hall–Kier alpha value is -2.83. The molecule has 0 N–H and O–H groups in total. The van der Waals surface area contributed by atoms with Gasteiger partial charge in [0.25, 0.3) is 0 Å². The predicted octanol–water partition coefficient (Wildman–Crippen LogP) is 4.07. The van der Waals surface area contributed by atoms with Gasteiger partial charge in [0.05, 0.1) is 6.61 Å². The summed E-state index contributed by atoms with van der Waals surface area (Å²) in [4.78, 5) is 30.5. The molecular weight excluding hydrogens is 346 g/mol. The van der Waals surface area contributed by atoms with E-state index in [-0.39, 0.29) is 6.09 Å². The van der Waals surface area contributed by atoms with Crippen LogP contribution in [-0.4, -0.2) is 51.9 Å². The van der Waals surface area contributed by atoms with Gasteiger partial charge in [-0.2, -0.15) is 0 Å². The molecule has 7 heteroatoms. The highest BCUT2D eigenvalue weighted by Crippen LogP contribution is 2.30. The van der Waals surface area contributed by atoms with Gasteiger partial charge in [-0.1, -0.05) is 6.08 Å². The first-order valence-electron chi connectivity index (χ1n) is 9.10. The second kappa shape index (κ2) is 7.42. The number of hydrogen-bond donors (Lipinski definition) is 0. The molecule has 0 aliphatic carbocycles. The molecule has 0 aromatic carbocycles. The molecule has 1 aliphatic heterocycles. The van der Waals surface area contributed by atoms with Gasteiger partial charge in [0.15, 0.2) is 0 Å². The van der Waals surface area contributed by atoms with Crippen LogP contribution in [0.4, 0.5) is 9.59 Å². The standard InChI is InChI=1S/C20H25N3O4/c1-5-26-19(25)23-13-16(15-7-6-10-21-17(15)23)14-8-11-22(12-9-14)18(24)27-20(2,3)4/h6-8,10,13H,5,9,11-12H2,1-4H3. The van der Waals surface area contributed by atoms with E-state index < -0.39 is 11.7 Å². The van der Waals surface area contributed by atoms with Crippen LogP contribution in [0.5, 0.6) is 0 Å². The molecule has 0 saturated heterocycles. The summed E-state index contributed by atoms with van der Waals surface area (Å²) in [7, 11) is 0. The van der Waals surface area contributed by atoms with Crippen molar-refractivity contribution in [1.82, 2.24) is 14.5 Å². The average molecular weight is 371 g/mol. The maximum Gasteiger partial charge on any atom is 0.419 e. The Morgan fingerprint density at radius 2 is 2.04 bits per heavy atom. The molecule has 7 nitrogen and oxygen atoms in total. The van der Waals surface area contributed by atoms with Crippen molar-refractivity contribution in [2.45, 2.75) is 39.7 Å². The minimum atomic E-state index is -0.514. The Kier molecular flexibility index (Phi) is 5.21. The fraction of sp³-hybridized carbons (Fsp3) is 0.450. The molecule has 2 aromatic rings. The van der Waals surface area contributed by atoms with E-state index in [1.54, 1.807) is 24.2 Å². The molecule has 2 aromatic heterocycles. The maximum atomic E-state index is 12.2. The fourth-order valence-electron chi connectivity index (χ4n) is 3.05. The van der Waals surface area contributed by atoms with E-state index in [0.29, 0.717) is 31.8 Å². The second-order valence-corrected chi connectivity index (χ2v) is 7.39. The first kappa shape index (κ1) is 18.9. The molecule has 3 rings (SSSR count). The minimum absolute atomic E-state index is 0.300. The summed E-state index contributed by atoms with van der Waals surface area (Å²) in [5.41, 5.74) is 2.08. The molecule has 0 fully saturated rings. The molecule has 0 bridgehead atoms. The summed E-state index contributed by atoms with van der Waals surface area (Å²) in [6, 6.07) is 3.78. The molecular formula is C20H25N3O4. The van der Waals surface area contributed by atoms with Gasteiger partial charge in [-0.25, -0.2) is 19.1 Å². The average Bonchev–Trinajstić information content (AvgIpc) is 3.00. The maximum absolute atomic E-state index is 12.2. The van der Waals surface area contributed by atoms with E-state index in [9.17, 15) is 9.59 Å². The van der Waals surface area contributed by atoms with Crippen molar-refractivity contribution in [2.24, 2.45) is 0 Å². The first-order chi connectivity index (χ1) is 12.8. The van der Waals surface area contributed by atoms with Crippen LogP contribution >= 0.6 is 0 Å². The Morgan fingerprint density at radius 1 is 1.26 bits per heavy atom. The third-order valence-corrected chi connectivity index (χ3v) is 4.23. The molecule has 0 atom stereocenters. The largest absolute Gasteiger partial charge is 0.449 e. The Bertz CT molecular complexity index is 892. The third-order valence-electron chi connectivity index (χ3n) is 4.23. The van der Waals surface area contributed by atoms with Crippen molar-refractivity contribution in [1.29, 1.82) is 0 Å². The lowest BCUT2D eigenvalue weighted by molar-refractivity contribution is 0.0270. The van der Waals surface area contributed by atoms with Gasteiger partial charge in [0.2, 0.25) is 0 Å². The molecule has 1 aliphatic rings. The normalized spacial score (nSPS) is 14.8. The summed E-state index contributed by atoms with van der Waals surface area (Å²) < 4.78 is 12.0. The zero-order valence-electron chi connectivity index (χ0n) is 16.2. The number of ether oxygens (including phenoxy) is 2. The highest BCUT2D eigenvalue weighted by molar-refractivity contribution is 5.96. The monoisotopic (exact) mass is 371 g/mol. The van der Waals surface area contributed by atoms with Crippen molar-refractivity contribution in [2.75, 3.05) is 19.7 Å². The lowest BCUT2D eigenvalue weighted by Crippen LogP contribution is -2.39. The molecule has 1 amide bonds. The fourth-order valence-corrected chi connectivity index (χ4v) is 3.05. The summed E-state index contributed by atoms with van der Waals surface area (Å²) in [5, 5.41) is 0.891. The number of carbonyl (C=O) groups is 2. The molecule has 27 heavy (non-hydrogen) atoms. The van der Waals surface area contributed by atoms with Gasteiger partial charge in [0, 0.05) is 36.4 Å². The number of nitrogens with zero attached hydrogens (tertiary/aromatic N) is 3. The lowest BCUT2D eigenvalue weighted by Gasteiger charge is -2.29. The summed E-state index contributed by atoms with van der Waals surface area (Å²) in [6.07, 6.45) is 5.35. The van der Waals surface area contributed by atoms with E-state index in [0.717, 1.165) is 16.5 Å². The molecule has 144 valence electrons. The van der Waals surface area contributed by atoms with Crippen molar-refractivity contribution >= 4 is 28.8 Å². The number of hydrogen-bond acceptors (Lipinski definition) is 5. The summed E-state index contributed by atoms with van der Waals surface area (Å²) in [5.74, 6) is 0. The highest BCUT2D eigenvalue weighted by atomic mass is 16.6. The first-order valence-corrected chi connectivity index (χ1v) is 9.10. The van der Waals surface area contributed by atoms with Crippen LogP contribution in [0.1, 0.15) is 39.7 Å². The molecule has 0 spiro atoms. The van der Waals surface area contributed by atoms with Crippen molar-refractivity contribution < 1.29 is 19.1 Å². The third kappa shape index (κ3) is 4.13. The van der Waals surface area contributed by atoms with Crippen LogP contribution in [0, 0.1) is 0 Å².